The maximum absolute atomic E-state index is 7.87. The van der Waals surface area contributed by atoms with E-state index in [9.17, 15) is 0 Å². The summed E-state index contributed by atoms with van der Waals surface area (Å²) < 4.78 is 4.56. The van der Waals surface area contributed by atoms with E-state index < -0.39 is 0 Å². The molecular weight excluding hydrogens is 200 g/mol. The summed E-state index contributed by atoms with van der Waals surface area (Å²) in [6, 6.07) is 8.02. The molecule has 0 aliphatic carbocycles. The van der Waals surface area contributed by atoms with Crippen LogP contribution in [0.25, 0.3) is 0 Å². The molecule has 3 nitrogen and oxygen atoms in total. The topological polar surface area (TPSA) is 45.9 Å². The number of nitrogens with zero attached hydrogens (tertiary/aromatic N) is 2. The highest BCUT2D eigenvalue weighted by atomic mass is 16.5. The number of ether oxygens (including phenoxy) is 1. The van der Waals surface area contributed by atoms with Crippen LogP contribution in [0.1, 0.15) is 31.9 Å². The fourth-order valence-corrected chi connectivity index (χ4v) is 1.05. The third-order valence-corrected chi connectivity index (χ3v) is 1.93. The van der Waals surface area contributed by atoms with Gasteiger partial charge in [0.05, 0.1) is 19.1 Å². The van der Waals surface area contributed by atoms with Crippen molar-refractivity contribution in [1.29, 1.82) is 5.26 Å². The van der Waals surface area contributed by atoms with Gasteiger partial charge in [-0.05, 0) is 25.0 Å². The Balaban J connectivity index is 0.000000325. The smallest absolute Gasteiger partial charge is 0.0645 e. The van der Waals surface area contributed by atoms with Crippen LogP contribution < -0.4 is 0 Å². The zero-order valence-corrected chi connectivity index (χ0v) is 10.1. The van der Waals surface area contributed by atoms with E-state index in [0.717, 1.165) is 6.42 Å². The maximum atomic E-state index is 7.87. The van der Waals surface area contributed by atoms with Crippen molar-refractivity contribution in [1.82, 2.24) is 4.98 Å². The van der Waals surface area contributed by atoms with Crippen molar-refractivity contribution in [2.24, 2.45) is 0 Å². The fourth-order valence-electron chi connectivity index (χ4n) is 1.05. The minimum absolute atomic E-state index is 0.497. The summed E-state index contributed by atoms with van der Waals surface area (Å²) in [7, 11) is 1.58. The average molecular weight is 220 g/mol. The molecule has 0 amide bonds. The van der Waals surface area contributed by atoms with Crippen LogP contribution in [0, 0.1) is 11.3 Å². The lowest BCUT2D eigenvalue weighted by molar-refractivity contribution is 0.205. The van der Waals surface area contributed by atoms with E-state index in [-0.39, 0.29) is 0 Å². The summed E-state index contributed by atoms with van der Waals surface area (Å²) in [5, 5.41) is 7.87. The molecule has 0 saturated carbocycles. The largest absolute Gasteiger partial charge is 0.384 e. The molecule has 88 valence electrons. The first-order chi connectivity index (χ1) is 7.85. The van der Waals surface area contributed by atoms with Crippen LogP contribution in [0.15, 0.2) is 24.4 Å². The van der Waals surface area contributed by atoms with Crippen LogP contribution in [0.4, 0.5) is 0 Å². The molecule has 0 bridgehead atoms. The summed E-state index contributed by atoms with van der Waals surface area (Å²) in [5.41, 5.74) is 1.21. The Bertz CT molecular complexity index is 280. The van der Waals surface area contributed by atoms with Crippen LogP contribution in [0.5, 0.6) is 0 Å². The van der Waals surface area contributed by atoms with Crippen molar-refractivity contribution in [3.63, 3.8) is 0 Å². The number of hydrogen-bond acceptors (Lipinski definition) is 3. The lowest BCUT2D eigenvalue weighted by atomic mass is 10.2. The third kappa shape index (κ3) is 9.17. The first-order valence-corrected chi connectivity index (χ1v) is 5.61. The number of unbranched alkanes of at least 4 members (excludes halogenated alkanes) is 1. The molecule has 0 N–H and O–H groups in total. The second-order valence-electron chi connectivity index (χ2n) is 3.33. The number of pyridine rings is 1. The van der Waals surface area contributed by atoms with Gasteiger partial charge in [0.25, 0.3) is 0 Å². The summed E-state index contributed by atoms with van der Waals surface area (Å²) in [6.45, 7) is 2.75. The van der Waals surface area contributed by atoms with Crippen LogP contribution in [-0.2, 0) is 11.2 Å². The van der Waals surface area contributed by atoms with Gasteiger partial charge >= 0.3 is 0 Å². The van der Waals surface area contributed by atoms with Gasteiger partial charge in [0.2, 0.25) is 0 Å². The predicted octanol–water partition coefficient (Wildman–Crippen LogP) is 2.97. The Hall–Kier alpha value is -1.40. The van der Waals surface area contributed by atoms with Gasteiger partial charge in [-0.15, -0.1) is 0 Å². The van der Waals surface area contributed by atoms with Gasteiger partial charge < -0.3 is 4.74 Å². The average Bonchev–Trinajstić information content (AvgIpc) is 2.36. The van der Waals surface area contributed by atoms with Crippen molar-refractivity contribution in [3.8, 4) is 6.07 Å². The zero-order chi connectivity index (χ0) is 12.1. The molecule has 3 heteroatoms. The standard InChI is InChI=1S/C9H13N.C4H7NO/c1-2-3-6-9-7-4-5-8-10-9;1-6-4-2-3-5/h4-5,7-8H,2-3,6H2,1H3;2,4H2,1H3. The monoisotopic (exact) mass is 220 g/mol. The first-order valence-electron chi connectivity index (χ1n) is 5.61. The molecule has 0 aliphatic rings. The van der Waals surface area contributed by atoms with Gasteiger partial charge in [-0.2, -0.15) is 5.26 Å². The number of nitriles is 1. The van der Waals surface area contributed by atoms with Crippen molar-refractivity contribution in [2.75, 3.05) is 13.7 Å². The molecule has 0 atom stereocenters. The summed E-state index contributed by atoms with van der Waals surface area (Å²) >= 11 is 0. The van der Waals surface area contributed by atoms with E-state index in [1.807, 2.05) is 24.4 Å². The lowest BCUT2D eigenvalue weighted by Crippen LogP contribution is -1.86. The van der Waals surface area contributed by atoms with Gasteiger partial charge in [-0.1, -0.05) is 19.4 Å². The summed E-state index contributed by atoms with van der Waals surface area (Å²) in [6.07, 6.45) is 5.96. The Morgan fingerprint density at radius 1 is 1.44 bits per heavy atom. The fraction of sp³-hybridized carbons (Fsp3) is 0.538. The number of aryl methyl sites for hydroxylation is 1. The van der Waals surface area contributed by atoms with Gasteiger partial charge in [0.1, 0.15) is 0 Å². The number of hydrogen-bond donors (Lipinski definition) is 0. The van der Waals surface area contributed by atoms with E-state index in [0.29, 0.717) is 13.0 Å². The highest BCUT2D eigenvalue weighted by Gasteiger charge is 1.89. The second-order valence-corrected chi connectivity index (χ2v) is 3.33. The van der Waals surface area contributed by atoms with Gasteiger partial charge in [0, 0.05) is 19.0 Å². The molecule has 0 spiro atoms. The molecule has 1 rings (SSSR count). The maximum Gasteiger partial charge on any atom is 0.0645 e. The Morgan fingerprint density at radius 2 is 2.25 bits per heavy atom. The SMILES string of the molecule is CCCCc1ccccn1.COCCC#N. The van der Waals surface area contributed by atoms with Gasteiger partial charge in [-0.25, -0.2) is 0 Å². The molecule has 0 unspecified atom stereocenters. The van der Waals surface area contributed by atoms with E-state index in [1.54, 1.807) is 7.11 Å². The summed E-state index contributed by atoms with van der Waals surface area (Å²) in [4.78, 5) is 4.22. The molecule has 0 aromatic carbocycles. The molecular formula is C13H20N2O. The molecule has 1 aromatic rings. The second kappa shape index (κ2) is 11.7. The predicted molar refractivity (Wildman–Crippen MR) is 65.0 cm³/mol. The molecule has 16 heavy (non-hydrogen) atoms. The number of rotatable bonds is 5. The minimum Gasteiger partial charge on any atom is -0.384 e. The van der Waals surface area contributed by atoms with Crippen molar-refractivity contribution in [2.45, 2.75) is 32.6 Å². The van der Waals surface area contributed by atoms with E-state index in [1.165, 1.54) is 18.5 Å². The molecule has 1 aromatic heterocycles. The molecule has 0 fully saturated rings. The Kier molecular flexibility index (Phi) is 10.7. The normalized spacial score (nSPS) is 8.81. The molecule has 0 aliphatic heterocycles. The first kappa shape index (κ1) is 14.6. The van der Waals surface area contributed by atoms with E-state index in [4.69, 9.17) is 5.26 Å². The third-order valence-electron chi connectivity index (χ3n) is 1.93. The van der Waals surface area contributed by atoms with Crippen LogP contribution in [0.3, 0.4) is 0 Å². The van der Waals surface area contributed by atoms with Crippen molar-refractivity contribution in [3.05, 3.63) is 30.1 Å². The van der Waals surface area contributed by atoms with Crippen molar-refractivity contribution >= 4 is 0 Å². The van der Waals surface area contributed by atoms with Crippen LogP contribution in [-0.4, -0.2) is 18.7 Å². The molecule has 1 heterocycles. The highest BCUT2D eigenvalue weighted by Crippen LogP contribution is 1.99. The van der Waals surface area contributed by atoms with Gasteiger partial charge in [0.15, 0.2) is 0 Å². The quantitative estimate of drug-likeness (QED) is 0.717. The van der Waals surface area contributed by atoms with Crippen LogP contribution >= 0.6 is 0 Å². The van der Waals surface area contributed by atoms with E-state index in [2.05, 4.69) is 22.7 Å². The minimum atomic E-state index is 0.497. The zero-order valence-electron chi connectivity index (χ0n) is 10.1. The number of aromatic nitrogens is 1. The Labute approximate surface area is 98.1 Å². The van der Waals surface area contributed by atoms with Crippen LogP contribution in [0.2, 0.25) is 0 Å². The van der Waals surface area contributed by atoms with Gasteiger partial charge in [-0.3, -0.25) is 4.98 Å². The Morgan fingerprint density at radius 3 is 2.69 bits per heavy atom. The lowest BCUT2D eigenvalue weighted by Gasteiger charge is -1.95. The number of methoxy groups -OCH3 is 1. The van der Waals surface area contributed by atoms with E-state index >= 15 is 0 Å². The highest BCUT2D eigenvalue weighted by molar-refractivity contribution is 5.03. The molecule has 0 radical (unpaired) electrons. The summed E-state index contributed by atoms with van der Waals surface area (Å²) in [5.74, 6) is 0. The van der Waals surface area contributed by atoms with Crippen molar-refractivity contribution < 1.29 is 4.74 Å². The molecule has 0 saturated heterocycles.